The first-order valence-electron chi connectivity index (χ1n) is 11.5. The van der Waals surface area contributed by atoms with Crippen molar-refractivity contribution < 1.29 is 23.8 Å². The van der Waals surface area contributed by atoms with Gasteiger partial charge in [0.25, 0.3) is 0 Å². The van der Waals surface area contributed by atoms with Crippen LogP contribution in [0.2, 0.25) is 0 Å². The maximum absolute atomic E-state index is 13.1. The minimum atomic E-state index is -0.584. The van der Waals surface area contributed by atoms with E-state index in [4.69, 9.17) is 19.2 Å². The van der Waals surface area contributed by atoms with E-state index in [-0.39, 0.29) is 30.3 Å². The van der Waals surface area contributed by atoms with Crippen LogP contribution in [0.3, 0.4) is 0 Å². The second-order valence-corrected chi connectivity index (χ2v) is 8.22. The highest BCUT2D eigenvalue weighted by molar-refractivity contribution is 6.01. The highest BCUT2D eigenvalue weighted by Gasteiger charge is 2.23. The van der Waals surface area contributed by atoms with Crippen molar-refractivity contribution in [2.75, 3.05) is 26.1 Å². The summed E-state index contributed by atoms with van der Waals surface area (Å²) in [6.07, 6.45) is 1.42. The van der Waals surface area contributed by atoms with Gasteiger partial charge in [0.05, 0.1) is 39.0 Å². The molecule has 0 aliphatic rings. The molecule has 0 aliphatic carbocycles. The SMILES string of the molecule is CCOC(=O)c1cnn(-c2cc(C)c3cccc(C)c3n2)c1NC(=O)Cc1ccc(OC)c(OC)c1. The Labute approximate surface area is 209 Å². The van der Waals surface area contributed by atoms with Gasteiger partial charge in [0.15, 0.2) is 23.1 Å². The van der Waals surface area contributed by atoms with Crippen molar-refractivity contribution in [3.8, 4) is 17.3 Å². The monoisotopic (exact) mass is 488 g/mol. The third kappa shape index (κ3) is 4.86. The van der Waals surface area contributed by atoms with Crippen LogP contribution < -0.4 is 14.8 Å². The molecular formula is C27H28N4O5. The van der Waals surface area contributed by atoms with Crippen LogP contribution in [0.15, 0.2) is 48.7 Å². The molecule has 9 heteroatoms. The molecule has 9 nitrogen and oxygen atoms in total. The number of esters is 1. The average Bonchev–Trinajstić information content (AvgIpc) is 3.28. The molecule has 2 aromatic heterocycles. The lowest BCUT2D eigenvalue weighted by Crippen LogP contribution is -2.20. The predicted molar refractivity (Wildman–Crippen MR) is 136 cm³/mol. The third-order valence-corrected chi connectivity index (χ3v) is 5.79. The van der Waals surface area contributed by atoms with Gasteiger partial charge >= 0.3 is 5.97 Å². The number of carbonyl (C=O) groups excluding carboxylic acids is 2. The Kier molecular flexibility index (Phi) is 7.19. The van der Waals surface area contributed by atoms with Gasteiger partial charge in [0.1, 0.15) is 5.56 Å². The molecule has 0 saturated heterocycles. The lowest BCUT2D eigenvalue weighted by molar-refractivity contribution is -0.115. The van der Waals surface area contributed by atoms with Gasteiger partial charge in [0, 0.05) is 5.39 Å². The summed E-state index contributed by atoms with van der Waals surface area (Å²) in [5.41, 5.74) is 3.68. The van der Waals surface area contributed by atoms with Crippen molar-refractivity contribution in [2.45, 2.75) is 27.2 Å². The predicted octanol–water partition coefficient (Wildman–Crippen LogP) is 4.41. The van der Waals surface area contributed by atoms with Crippen molar-refractivity contribution in [1.82, 2.24) is 14.8 Å². The van der Waals surface area contributed by atoms with Crippen LogP contribution in [0.5, 0.6) is 11.5 Å². The summed E-state index contributed by atoms with van der Waals surface area (Å²) in [4.78, 5) is 30.5. The Morgan fingerprint density at radius 3 is 2.50 bits per heavy atom. The van der Waals surface area contributed by atoms with Crippen molar-refractivity contribution in [3.05, 3.63) is 70.9 Å². The number of anilines is 1. The summed E-state index contributed by atoms with van der Waals surface area (Å²) in [5.74, 6) is 0.829. The Morgan fingerprint density at radius 1 is 1.00 bits per heavy atom. The maximum Gasteiger partial charge on any atom is 0.343 e. The standard InChI is InChI=1S/C27H28N4O5/c1-6-36-27(33)20-15-28-31(23-12-17(3)19-9-7-8-16(2)25(19)29-23)26(20)30-24(32)14-18-10-11-21(34-4)22(13-18)35-5/h7-13,15H,6,14H2,1-5H3,(H,30,32). The average molecular weight is 489 g/mol. The molecule has 186 valence electrons. The van der Waals surface area contributed by atoms with E-state index >= 15 is 0 Å². The molecular weight excluding hydrogens is 460 g/mol. The number of benzene rings is 2. The number of nitrogens with one attached hydrogen (secondary N) is 1. The maximum atomic E-state index is 13.1. The van der Waals surface area contributed by atoms with E-state index in [9.17, 15) is 9.59 Å². The first-order valence-corrected chi connectivity index (χ1v) is 11.5. The third-order valence-electron chi connectivity index (χ3n) is 5.79. The number of hydrogen-bond acceptors (Lipinski definition) is 7. The second-order valence-electron chi connectivity index (χ2n) is 8.22. The van der Waals surface area contributed by atoms with Crippen molar-refractivity contribution in [3.63, 3.8) is 0 Å². The largest absolute Gasteiger partial charge is 0.493 e. The number of ether oxygens (including phenoxy) is 3. The van der Waals surface area contributed by atoms with Gasteiger partial charge < -0.3 is 19.5 Å². The number of aryl methyl sites for hydroxylation is 2. The topological polar surface area (TPSA) is 105 Å². The zero-order chi connectivity index (χ0) is 25.8. The molecule has 0 atom stereocenters. The highest BCUT2D eigenvalue weighted by Crippen LogP contribution is 2.29. The minimum absolute atomic E-state index is 0.0388. The van der Waals surface area contributed by atoms with Gasteiger partial charge in [0.2, 0.25) is 5.91 Å². The van der Waals surface area contributed by atoms with E-state index in [1.165, 1.54) is 18.0 Å². The minimum Gasteiger partial charge on any atom is -0.493 e. The normalized spacial score (nSPS) is 10.8. The van der Waals surface area contributed by atoms with E-state index in [0.717, 1.165) is 22.0 Å². The number of fused-ring (bicyclic) bond motifs is 1. The Bertz CT molecular complexity index is 1440. The van der Waals surface area contributed by atoms with E-state index in [2.05, 4.69) is 10.4 Å². The molecule has 2 heterocycles. The van der Waals surface area contributed by atoms with Gasteiger partial charge in [-0.05, 0) is 55.7 Å². The summed E-state index contributed by atoms with van der Waals surface area (Å²) in [5, 5.41) is 8.25. The van der Waals surface area contributed by atoms with Crippen LogP contribution in [-0.4, -0.2) is 47.5 Å². The number of amides is 1. The number of nitrogens with zero attached hydrogens (tertiary/aromatic N) is 3. The molecule has 0 bridgehead atoms. The lowest BCUT2D eigenvalue weighted by atomic mass is 10.1. The first kappa shape index (κ1) is 24.7. The number of methoxy groups -OCH3 is 2. The Morgan fingerprint density at radius 2 is 1.78 bits per heavy atom. The molecule has 1 N–H and O–H groups in total. The zero-order valence-electron chi connectivity index (χ0n) is 20.9. The fraction of sp³-hybridized carbons (Fsp3) is 0.259. The Balaban J connectivity index is 1.72. The van der Waals surface area contributed by atoms with E-state index in [1.54, 1.807) is 32.2 Å². The van der Waals surface area contributed by atoms with Crippen LogP contribution in [0, 0.1) is 13.8 Å². The molecule has 4 rings (SSSR count). The summed E-state index contributed by atoms with van der Waals surface area (Å²) in [6, 6.07) is 13.1. The van der Waals surface area contributed by atoms with Gasteiger partial charge in [-0.25, -0.2) is 9.78 Å². The van der Waals surface area contributed by atoms with Gasteiger partial charge in [-0.3, -0.25) is 4.79 Å². The quantitative estimate of drug-likeness (QED) is 0.366. The molecule has 2 aromatic carbocycles. The molecule has 36 heavy (non-hydrogen) atoms. The van der Waals surface area contributed by atoms with Crippen LogP contribution in [-0.2, 0) is 16.0 Å². The van der Waals surface area contributed by atoms with Crippen LogP contribution >= 0.6 is 0 Å². The first-order chi connectivity index (χ1) is 17.4. The second kappa shape index (κ2) is 10.5. The van der Waals surface area contributed by atoms with Crippen molar-refractivity contribution >= 4 is 28.6 Å². The van der Waals surface area contributed by atoms with Crippen LogP contribution in [0.25, 0.3) is 16.7 Å². The molecule has 0 aliphatic heterocycles. The molecule has 4 aromatic rings. The van der Waals surface area contributed by atoms with Gasteiger partial charge in [-0.15, -0.1) is 0 Å². The molecule has 0 fully saturated rings. The summed E-state index contributed by atoms with van der Waals surface area (Å²) < 4.78 is 17.2. The number of pyridine rings is 1. The number of rotatable bonds is 8. The van der Waals surface area contributed by atoms with E-state index in [1.807, 2.05) is 38.1 Å². The number of aromatic nitrogens is 3. The fourth-order valence-corrected chi connectivity index (χ4v) is 4.01. The summed E-state index contributed by atoms with van der Waals surface area (Å²) in [7, 11) is 3.08. The van der Waals surface area contributed by atoms with Crippen molar-refractivity contribution in [1.29, 1.82) is 0 Å². The fourth-order valence-electron chi connectivity index (χ4n) is 4.01. The van der Waals surface area contributed by atoms with Crippen molar-refractivity contribution in [2.24, 2.45) is 0 Å². The number of carbonyl (C=O) groups is 2. The number of hydrogen-bond donors (Lipinski definition) is 1. The smallest absolute Gasteiger partial charge is 0.343 e. The Hall–Kier alpha value is -4.40. The highest BCUT2D eigenvalue weighted by atomic mass is 16.5. The summed E-state index contributed by atoms with van der Waals surface area (Å²) in [6.45, 7) is 5.87. The van der Waals surface area contributed by atoms with Crippen LogP contribution in [0.4, 0.5) is 5.82 Å². The molecule has 0 spiro atoms. The molecule has 0 unspecified atom stereocenters. The van der Waals surface area contributed by atoms with Gasteiger partial charge in [-0.2, -0.15) is 9.78 Å². The summed E-state index contributed by atoms with van der Waals surface area (Å²) >= 11 is 0. The van der Waals surface area contributed by atoms with E-state index in [0.29, 0.717) is 22.9 Å². The zero-order valence-corrected chi connectivity index (χ0v) is 20.9. The molecule has 0 radical (unpaired) electrons. The number of para-hydroxylation sites is 1. The van der Waals surface area contributed by atoms with Crippen LogP contribution in [0.1, 0.15) is 34.0 Å². The van der Waals surface area contributed by atoms with Gasteiger partial charge in [-0.1, -0.05) is 24.3 Å². The molecule has 0 saturated carbocycles. The van der Waals surface area contributed by atoms with E-state index < -0.39 is 5.97 Å². The lowest BCUT2D eigenvalue weighted by Gasteiger charge is -2.13. The molecule has 1 amide bonds.